The van der Waals surface area contributed by atoms with Gasteiger partial charge in [-0.2, -0.15) is 18.4 Å². The van der Waals surface area contributed by atoms with E-state index in [0.717, 1.165) is 19.3 Å². The van der Waals surface area contributed by atoms with E-state index in [1.165, 1.54) is 25.3 Å². The minimum atomic E-state index is -4.48. The summed E-state index contributed by atoms with van der Waals surface area (Å²) in [5.74, 6) is -2.00. The molecule has 0 saturated carbocycles. The average molecular weight is 251 g/mol. The molecule has 5 heteroatoms. The highest BCUT2D eigenvalue weighted by molar-refractivity contribution is 4.88. The second-order valence-electron chi connectivity index (χ2n) is 4.07. The Bertz CT molecular complexity index is 223. The van der Waals surface area contributed by atoms with Crippen LogP contribution in [0.25, 0.3) is 0 Å². The predicted octanol–water partition coefficient (Wildman–Crippen LogP) is 4.07. The Labute approximate surface area is 101 Å². The van der Waals surface area contributed by atoms with Gasteiger partial charge >= 0.3 is 6.18 Å². The summed E-state index contributed by atoms with van der Waals surface area (Å²) in [6.07, 6.45) is 1.90. The molecular formula is C12H20F3NO. The van der Waals surface area contributed by atoms with Gasteiger partial charge in [-0.25, -0.2) is 0 Å². The lowest BCUT2D eigenvalue weighted by Gasteiger charge is -2.13. The molecule has 0 N–H and O–H groups in total. The van der Waals surface area contributed by atoms with Crippen LogP contribution in [0.3, 0.4) is 0 Å². The standard InChI is InChI=1S/C12H20F3NO/c1-2-3-4-5-6-7-8-17-10-11(9-16)12(13,14)15/h11H,2-8,10H2,1H3. The lowest BCUT2D eigenvalue weighted by molar-refractivity contribution is -0.171. The molecule has 0 aromatic heterocycles. The van der Waals surface area contributed by atoms with Gasteiger partial charge in [-0.1, -0.05) is 39.0 Å². The van der Waals surface area contributed by atoms with E-state index in [1.54, 1.807) is 0 Å². The predicted molar refractivity (Wildman–Crippen MR) is 59.4 cm³/mol. The molecule has 0 saturated heterocycles. The van der Waals surface area contributed by atoms with Crippen molar-refractivity contribution in [2.75, 3.05) is 13.2 Å². The van der Waals surface area contributed by atoms with E-state index in [9.17, 15) is 13.2 Å². The maximum atomic E-state index is 12.1. The maximum Gasteiger partial charge on any atom is 0.406 e. The molecule has 0 aliphatic heterocycles. The van der Waals surface area contributed by atoms with Crippen molar-refractivity contribution in [2.24, 2.45) is 5.92 Å². The van der Waals surface area contributed by atoms with Crippen LogP contribution in [0, 0.1) is 17.2 Å². The van der Waals surface area contributed by atoms with Crippen molar-refractivity contribution in [1.82, 2.24) is 0 Å². The topological polar surface area (TPSA) is 33.0 Å². The minimum absolute atomic E-state index is 0.306. The molecule has 0 aliphatic rings. The van der Waals surface area contributed by atoms with Gasteiger partial charge in [0.25, 0.3) is 0 Å². The van der Waals surface area contributed by atoms with Crippen LogP contribution in [-0.2, 0) is 4.74 Å². The van der Waals surface area contributed by atoms with Gasteiger partial charge in [0.2, 0.25) is 0 Å². The molecule has 0 aliphatic carbocycles. The zero-order valence-electron chi connectivity index (χ0n) is 10.2. The molecule has 2 nitrogen and oxygen atoms in total. The highest BCUT2D eigenvalue weighted by Crippen LogP contribution is 2.25. The number of nitrogens with zero attached hydrogens (tertiary/aromatic N) is 1. The Morgan fingerprint density at radius 1 is 1.12 bits per heavy atom. The molecule has 0 heterocycles. The third kappa shape index (κ3) is 8.99. The van der Waals surface area contributed by atoms with Crippen molar-refractivity contribution in [3.05, 3.63) is 0 Å². The molecule has 0 fully saturated rings. The molecule has 100 valence electrons. The lowest BCUT2D eigenvalue weighted by Crippen LogP contribution is -2.26. The summed E-state index contributed by atoms with van der Waals surface area (Å²) in [6.45, 7) is 1.89. The van der Waals surface area contributed by atoms with E-state index in [4.69, 9.17) is 10.00 Å². The van der Waals surface area contributed by atoms with Gasteiger partial charge in [-0.15, -0.1) is 0 Å². The first kappa shape index (κ1) is 16.2. The van der Waals surface area contributed by atoms with E-state index in [0.29, 0.717) is 6.61 Å². The first-order valence-electron chi connectivity index (χ1n) is 6.06. The van der Waals surface area contributed by atoms with E-state index < -0.39 is 18.7 Å². The highest BCUT2D eigenvalue weighted by Gasteiger charge is 2.39. The van der Waals surface area contributed by atoms with Crippen LogP contribution >= 0.6 is 0 Å². The number of hydrogen-bond acceptors (Lipinski definition) is 2. The first-order chi connectivity index (χ1) is 8.02. The number of halogens is 3. The van der Waals surface area contributed by atoms with E-state index in [-0.39, 0.29) is 0 Å². The Morgan fingerprint density at radius 2 is 1.71 bits per heavy atom. The molecular weight excluding hydrogens is 231 g/mol. The Morgan fingerprint density at radius 3 is 2.24 bits per heavy atom. The fourth-order valence-electron chi connectivity index (χ4n) is 1.39. The quantitative estimate of drug-likeness (QED) is 0.579. The SMILES string of the molecule is CCCCCCCCOCC(C#N)C(F)(F)F. The number of unbranched alkanes of at least 4 members (excludes halogenated alkanes) is 5. The van der Waals surface area contributed by atoms with Crippen molar-refractivity contribution in [2.45, 2.75) is 51.6 Å². The number of ether oxygens (including phenoxy) is 1. The van der Waals surface area contributed by atoms with Crippen molar-refractivity contribution in [3.8, 4) is 6.07 Å². The van der Waals surface area contributed by atoms with E-state index in [1.807, 2.05) is 0 Å². The van der Waals surface area contributed by atoms with Crippen LogP contribution in [0.15, 0.2) is 0 Å². The fourth-order valence-corrected chi connectivity index (χ4v) is 1.39. The minimum Gasteiger partial charge on any atom is -0.380 e. The summed E-state index contributed by atoms with van der Waals surface area (Å²) in [5.41, 5.74) is 0. The smallest absolute Gasteiger partial charge is 0.380 e. The Balaban J connectivity index is 3.42. The third-order valence-electron chi connectivity index (χ3n) is 2.48. The van der Waals surface area contributed by atoms with Crippen LogP contribution in [0.1, 0.15) is 45.4 Å². The third-order valence-corrected chi connectivity index (χ3v) is 2.48. The molecule has 0 aromatic carbocycles. The highest BCUT2D eigenvalue weighted by atomic mass is 19.4. The van der Waals surface area contributed by atoms with Gasteiger partial charge in [-0.05, 0) is 6.42 Å². The summed E-state index contributed by atoms with van der Waals surface area (Å²) < 4.78 is 41.3. The van der Waals surface area contributed by atoms with Gasteiger partial charge in [0, 0.05) is 6.61 Å². The van der Waals surface area contributed by atoms with E-state index >= 15 is 0 Å². The normalized spacial score (nSPS) is 13.4. The molecule has 0 bridgehead atoms. The molecule has 1 unspecified atom stereocenters. The van der Waals surface area contributed by atoms with Gasteiger partial charge in [0.15, 0.2) is 5.92 Å². The monoisotopic (exact) mass is 251 g/mol. The second kappa shape index (κ2) is 9.29. The molecule has 0 spiro atoms. The van der Waals surface area contributed by atoms with Crippen LogP contribution in [0.5, 0.6) is 0 Å². The Hall–Kier alpha value is -0.760. The van der Waals surface area contributed by atoms with Crippen LogP contribution < -0.4 is 0 Å². The summed E-state index contributed by atoms with van der Waals surface area (Å²) in [6, 6.07) is 1.21. The number of rotatable bonds is 9. The lowest BCUT2D eigenvalue weighted by atomic mass is 10.1. The fraction of sp³-hybridized carbons (Fsp3) is 0.917. The molecule has 0 rings (SSSR count). The summed E-state index contributed by atoms with van der Waals surface area (Å²) in [7, 11) is 0. The van der Waals surface area contributed by atoms with Crippen LogP contribution in [0.2, 0.25) is 0 Å². The second-order valence-corrected chi connectivity index (χ2v) is 4.07. The first-order valence-corrected chi connectivity index (χ1v) is 6.06. The molecule has 1 atom stereocenters. The Kier molecular flexibility index (Phi) is 8.87. The summed E-state index contributed by atoms with van der Waals surface area (Å²) in [4.78, 5) is 0. The largest absolute Gasteiger partial charge is 0.406 e. The van der Waals surface area contributed by atoms with Gasteiger partial charge in [-0.3, -0.25) is 0 Å². The van der Waals surface area contributed by atoms with Crippen molar-refractivity contribution in [1.29, 1.82) is 5.26 Å². The van der Waals surface area contributed by atoms with Crippen LogP contribution in [0.4, 0.5) is 13.2 Å². The zero-order chi connectivity index (χ0) is 13.1. The number of alkyl halides is 3. The van der Waals surface area contributed by atoms with Gasteiger partial charge in [0.05, 0.1) is 12.7 Å². The molecule has 0 amide bonds. The van der Waals surface area contributed by atoms with Gasteiger partial charge < -0.3 is 4.74 Å². The van der Waals surface area contributed by atoms with Crippen molar-refractivity contribution in [3.63, 3.8) is 0 Å². The summed E-state index contributed by atoms with van der Waals surface area (Å²) in [5, 5.41) is 8.31. The average Bonchev–Trinajstić information content (AvgIpc) is 2.25. The number of hydrogen-bond donors (Lipinski definition) is 0. The summed E-state index contributed by atoms with van der Waals surface area (Å²) >= 11 is 0. The maximum absolute atomic E-state index is 12.1. The van der Waals surface area contributed by atoms with Gasteiger partial charge in [0.1, 0.15) is 0 Å². The number of nitriles is 1. The van der Waals surface area contributed by atoms with E-state index in [2.05, 4.69) is 6.92 Å². The van der Waals surface area contributed by atoms with Crippen molar-refractivity contribution < 1.29 is 17.9 Å². The zero-order valence-corrected chi connectivity index (χ0v) is 10.2. The molecule has 0 aromatic rings. The van der Waals surface area contributed by atoms with Crippen molar-refractivity contribution >= 4 is 0 Å². The molecule has 0 radical (unpaired) electrons. The van der Waals surface area contributed by atoms with Crippen LogP contribution in [-0.4, -0.2) is 19.4 Å². The molecule has 17 heavy (non-hydrogen) atoms.